The van der Waals surface area contributed by atoms with E-state index in [2.05, 4.69) is 21.1 Å². The number of carbonyl (C=O) groups excluding carboxylic acids is 1. The molecule has 0 spiro atoms. The molecule has 0 heterocycles. The summed E-state index contributed by atoms with van der Waals surface area (Å²) >= 11 is 2.99. The van der Waals surface area contributed by atoms with Crippen LogP contribution in [-0.2, 0) is 6.42 Å². The van der Waals surface area contributed by atoms with Gasteiger partial charge in [-0.15, -0.1) is 0 Å². The van der Waals surface area contributed by atoms with E-state index in [1.807, 2.05) is 0 Å². The maximum atomic E-state index is 13.1. The van der Waals surface area contributed by atoms with E-state index < -0.39 is 5.82 Å². The highest BCUT2D eigenvalue weighted by Crippen LogP contribution is 2.26. The first-order chi connectivity index (χ1) is 6.63. The molecule has 0 radical (unpaired) electrons. The number of hydrogen-bond donors (Lipinski definition) is 1. The Bertz CT molecular complexity index is 456. The van der Waals surface area contributed by atoms with E-state index in [1.165, 1.54) is 12.1 Å². The lowest BCUT2D eigenvalue weighted by atomic mass is 10.1. The van der Waals surface area contributed by atoms with Gasteiger partial charge in [0, 0.05) is 12.0 Å². The van der Waals surface area contributed by atoms with Gasteiger partial charge in [-0.2, -0.15) is 0 Å². The number of fused-ring (bicyclic) bond motifs is 1. The van der Waals surface area contributed by atoms with Crippen LogP contribution in [0.1, 0.15) is 15.9 Å². The van der Waals surface area contributed by atoms with Crippen LogP contribution in [0, 0.1) is 5.82 Å². The van der Waals surface area contributed by atoms with Crippen LogP contribution in [0.4, 0.5) is 4.39 Å². The van der Waals surface area contributed by atoms with Crippen molar-refractivity contribution in [3.8, 4) is 0 Å². The second-order valence-electron chi connectivity index (χ2n) is 2.98. The van der Waals surface area contributed by atoms with Gasteiger partial charge in [0.1, 0.15) is 11.5 Å². The summed E-state index contributed by atoms with van der Waals surface area (Å²) in [5, 5.41) is 11.4. The Morgan fingerprint density at radius 2 is 2.21 bits per heavy atom. The Morgan fingerprint density at radius 3 is 2.86 bits per heavy atom. The number of nitrogens with zero attached hydrogens (tertiary/aromatic N) is 1. The van der Waals surface area contributed by atoms with Crippen molar-refractivity contribution in [2.24, 2.45) is 5.16 Å². The van der Waals surface area contributed by atoms with Gasteiger partial charge in [0.15, 0.2) is 0 Å². The summed E-state index contributed by atoms with van der Waals surface area (Å²) in [6.45, 7) is 0. The van der Waals surface area contributed by atoms with Crippen molar-refractivity contribution in [2.75, 3.05) is 0 Å². The van der Waals surface area contributed by atoms with Crippen molar-refractivity contribution in [1.82, 2.24) is 0 Å². The molecular weight excluding hydrogens is 253 g/mol. The summed E-state index contributed by atoms with van der Waals surface area (Å²) in [5.41, 5.74) is 1.01. The van der Waals surface area contributed by atoms with Crippen molar-refractivity contribution in [3.05, 3.63) is 33.5 Å². The average molecular weight is 258 g/mol. The lowest BCUT2D eigenvalue weighted by Gasteiger charge is -1.98. The van der Waals surface area contributed by atoms with Gasteiger partial charge in [-0.3, -0.25) is 4.79 Å². The molecule has 0 bridgehead atoms. The molecule has 1 aliphatic carbocycles. The molecule has 0 aliphatic heterocycles. The molecule has 0 fully saturated rings. The summed E-state index contributed by atoms with van der Waals surface area (Å²) in [7, 11) is 0. The summed E-state index contributed by atoms with van der Waals surface area (Å²) in [6.07, 6.45) is 0.189. The Hall–Kier alpha value is -1.23. The smallest absolute Gasteiger partial charge is 0.211 e. The zero-order valence-electron chi connectivity index (χ0n) is 6.92. The highest BCUT2D eigenvalue weighted by molar-refractivity contribution is 9.10. The van der Waals surface area contributed by atoms with Gasteiger partial charge in [-0.25, -0.2) is 4.39 Å². The first-order valence-corrected chi connectivity index (χ1v) is 4.66. The number of oxime groups is 1. The Balaban J connectivity index is 2.61. The van der Waals surface area contributed by atoms with Crippen LogP contribution in [0.3, 0.4) is 0 Å². The molecule has 5 heteroatoms. The highest BCUT2D eigenvalue weighted by Gasteiger charge is 2.28. The highest BCUT2D eigenvalue weighted by atomic mass is 79.9. The lowest BCUT2D eigenvalue weighted by Crippen LogP contribution is -2.06. The molecule has 1 aromatic rings. The molecule has 0 aromatic heterocycles. The van der Waals surface area contributed by atoms with E-state index in [0.717, 1.165) is 0 Å². The topological polar surface area (TPSA) is 49.7 Å². The second kappa shape index (κ2) is 3.16. The van der Waals surface area contributed by atoms with E-state index in [1.54, 1.807) is 0 Å². The monoisotopic (exact) mass is 257 g/mol. The number of benzene rings is 1. The standard InChI is InChI=1S/C9H5BrFNO2/c10-6-3-5-4(1-7(6)11)2-8(12-14)9(5)13/h1,3,14H,2H2/b12-8-. The third-order valence-corrected chi connectivity index (χ3v) is 2.74. The first kappa shape index (κ1) is 9.33. The van der Waals surface area contributed by atoms with Crippen molar-refractivity contribution in [3.63, 3.8) is 0 Å². The third kappa shape index (κ3) is 1.24. The lowest BCUT2D eigenvalue weighted by molar-refractivity contribution is 0.106. The number of carbonyl (C=O) groups is 1. The number of ketones is 1. The molecule has 1 N–H and O–H groups in total. The number of halogens is 2. The van der Waals surface area contributed by atoms with Crippen molar-refractivity contribution >= 4 is 27.4 Å². The fraction of sp³-hybridized carbons (Fsp3) is 0.111. The van der Waals surface area contributed by atoms with Crippen LogP contribution in [0.2, 0.25) is 0 Å². The minimum Gasteiger partial charge on any atom is -0.411 e. The van der Waals surface area contributed by atoms with Crippen LogP contribution < -0.4 is 0 Å². The van der Waals surface area contributed by atoms with E-state index >= 15 is 0 Å². The minimum atomic E-state index is -0.421. The van der Waals surface area contributed by atoms with E-state index in [-0.39, 0.29) is 22.4 Å². The zero-order chi connectivity index (χ0) is 10.3. The van der Waals surface area contributed by atoms with Gasteiger partial charge in [-0.1, -0.05) is 5.16 Å². The van der Waals surface area contributed by atoms with Crippen molar-refractivity contribution in [1.29, 1.82) is 0 Å². The molecule has 2 rings (SSSR count). The maximum absolute atomic E-state index is 13.1. The summed E-state index contributed by atoms with van der Waals surface area (Å²) < 4.78 is 13.3. The van der Waals surface area contributed by atoms with Crippen LogP contribution in [0.15, 0.2) is 21.8 Å². The molecule has 3 nitrogen and oxygen atoms in total. The zero-order valence-corrected chi connectivity index (χ0v) is 8.51. The van der Waals surface area contributed by atoms with Gasteiger partial charge in [0.05, 0.1) is 4.47 Å². The quantitative estimate of drug-likeness (QED) is 0.572. The van der Waals surface area contributed by atoms with E-state index in [9.17, 15) is 9.18 Å². The largest absolute Gasteiger partial charge is 0.411 e. The Morgan fingerprint density at radius 1 is 1.50 bits per heavy atom. The van der Waals surface area contributed by atoms with Gasteiger partial charge >= 0.3 is 0 Å². The van der Waals surface area contributed by atoms with Crippen LogP contribution in [0.25, 0.3) is 0 Å². The molecule has 0 amide bonds. The maximum Gasteiger partial charge on any atom is 0.211 e. The Labute approximate surface area is 87.4 Å². The van der Waals surface area contributed by atoms with Gasteiger partial charge in [0.2, 0.25) is 5.78 Å². The SMILES string of the molecule is O=C1/C(=N\O)Cc2cc(F)c(Br)cc21. The number of Topliss-reactive ketones (excluding diaryl/α,β-unsaturated/α-hetero) is 1. The minimum absolute atomic E-state index is 0.0532. The molecule has 0 atom stereocenters. The van der Waals surface area contributed by atoms with Crippen molar-refractivity contribution < 1.29 is 14.4 Å². The summed E-state index contributed by atoms with van der Waals surface area (Å²) in [4.78, 5) is 11.5. The average Bonchev–Trinajstić information content (AvgIpc) is 2.45. The fourth-order valence-corrected chi connectivity index (χ4v) is 1.79. The van der Waals surface area contributed by atoms with E-state index in [0.29, 0.717) is 11.1 Å². The molecule has 14 heavy (non-hydrogen) atoms. The molecular formula is C9H5BrFNO2. The number of rotatable bonds is 0. The predicted octanol–water partition coefficient (Wildman–Crippen LogP) is 2.16. The molecule has 0 unspecified atom stereocenters. The molecule has 0 saturated heterocycles. The van der Waals surface area contributed by atoms with Crippen LogP contribution >= 0.6 is 15.9 Å². The van der Waals surface area contributed by atoms with Gasteiger partial charge in [0.25, 0.3) is 0 Å². The first-order valence-electron chi connectivity index (χ1n) is 3.87. The molecule has 1 aliphatic rings. The second-order valence-corrected chi connectivity index (χ2v) is 3.83. The summed E-state index contributed by atoms with van der Waals surface area (Å²) in [5.74, 6) is -0.765. The summed E-state index contributed by atoms with van der Waals surface area (Å²) in [6, 6.07) is 2.68. The third-order valence-electron chi connectivity index (χ3n) is 2.13. The molecule has 72 valence electrons. The van der Waals surface area contributed by atoms with Gasteiger partial charge < -0.3 is 5.21 Å². The molecule has 1 aromatic carbocycles. The van der Waals surface area contributed by atoms with E-state index in [4.69, 9.17) is 5.21 Å². The Kier molecular flexibility index (Phi) is 2.11. The predicted molar refractivity (Wildman–Crippen MR) is 51.4 cm³/mol. The van der Waals surface area contributed by atoms with Gasteiger partial charge in [-0.05, 0) is 33.6 Å². The van der Waals surface area contributed by atoms with Crippen LogP contribution in [-0.4, -0.2) is 16.7 Å². The fourth-order valence-electron chi connectivity index (χ4n) is 1.44. The van der Waals surface area contributed by atoms with Crippen LogP contribution in [0.5, 0.6) is 0 Å². The van der Waals surface area contributed by atoms with Crippen molar-refractivity contribution in [2.45, 2.75) is 6.42 Å². The molecule has 0 saturated carbocycles. The normalized spacial score (nSPS) is 17.6. The number of hydrogen-bond acceptors (Lipinski definition) is 3.